The number of nitrogens with one attached hydrogen (secondary N) is 1. The zero-order valence-electron chi connectivity index (χ0n) is 18.4. The van der Waals surface area contributed by atoms with E-state index in [0.717, 1.165) is 35.3 Å². The highest BCUT2D eigenvalue weighted by molar-refractivity contribution is 7.98. The van der Waals surface area contributed by atoms with Crippen LogP contribution in [0.1, 0.15) is 27.9 Å². The van der Waals surface area contributed by atoms with Crippen molar-refractivity contribution in [3.63, 3.8) is 0 Å². The number of rotatable bonds is 10. The van der Waals surface area contributed by atoms with Gasteiger partial charge in [-0.2, -0.15) is 11.8 Å². The second kappa shape index (κ2) is 12.1. The molecular formula is C26H28N2O3S. The summed E-state index contributed by atoms with van der Waals surface area (Å²) in [6.07, 6.45) is 7.84. The third-order valence-electron chi connectivity index (χ3n) is 5.24. The van der Waals surface area contributed by atoms with Crippen LogP contribution in [0.25, 0.3) is 11.1 Å². The van der Waals surface area contributed by atoms with Crippen molar-refractivity contribution in [2.24, 2.45) is 0 Å². The lowest BCUT2D eigenvalue weighted by Crippen LogP contribution is -2.42. The van der Waals surface area contributed by atoms with Crippen LogP contribution in [0.2, 0.25) is 0 Å². The van der Waals surface area contributed by atoms with E-state index in [2.05, 4.69) is 22.4 Å². The normalized spacial score (nSPS) is 11.6. The molecule has 0 radical (unpaired) electrons. The molecule has 3 aromatic rings. The van der Waals surface area contributed by atoms with Crippen molar-refractivity contribution in [2.45, 2.75) is 25.3 Å². The zero-order valence-corrected chi connectivity index (χ0v) is 19.2. The first kappa shape index (κ1) is 23.5. The number of hydrogen-bond donors (Lipinski definition) is 1. The highest BCUT2D eigenvalue weighted by atomic mass is 32.2. The number of benzene rings is 2. The number of aromatic nitrogens is 1. The monoisotopic (exact) mass is 448 g/mol. The number of hydrogen-bond acceptors (Lipinski definition) is 5. The standard InChI is InChI=1S/C26H28N2O3S/c1-31-26(30)24(14-16-32-2)28-25(29)22-13-12-19(10-11-20-7-6-15-27-18-20)17-23(22)21-8-4-3-5-9-21/h3-9,12-13,15,17-18,24H,10-11,14,16H2,1-2H3,(H,28,29)/t24-/m0/s1. The van der Waals surface area contributed by atoms with Crippen molar-refractivity contribution in [2.75, 3.05) is 19.1 Å². The molecule has 0 unspecified atom stereocenters. The molecule has 6 heteroatoms. The largest absolute Gasteiger partial charge is 0.467 e. The Kier molecular flexibility index (Phi) is 8.87. The third-order valence-corrected chi connectivity index (χ3v) is 5.88. The van der Waals surface area contributed by atoms with Crippen molar-refractivity contribution >= 4 is 23.6 Å². The molecule has 5 nitrogen and oxygen atoms in total. The van der Waals surface area contributed by atoms with Crippen LogP contribution in [0.15, 0.2) is 73.1 Å². The van der Waals surface area contributed by atoms with Crippen molar-refractivity contribution in [1.82, 2.24) is 10.3 Å². The molecule has 166 valence electrons. The number of carbonyl (C=O) groups excluding carboxylic acids is 2. The molecule has 1 atom stereocenters. The Morgan fingerprint density at radius 2 is 1.81 bits per heavy atom. The van der Waals surface area contributed by atoms with Gasteiger partial charge in [0.15, 0.2) is 0 Å². The van der Waals surface area contributed by atoms with E-state index in [-0.39, 0.29) is 5.91 Å². The average Bonchev–Trinajstić information content (AvgIpc) is 2.85. The smallest absolute Gasteiger partial charge is 0.328 e. The summed E-state index contributed by atoms with van der Waals surface area (Å²) >= 11 is 1.62. The van der Waals surface area contributed by atoms with Crippen LogP contribution in [0.4, 0.5) is 0 Å². The summed E-state index contributed by atoms with van der Waals surface area (Å²) < 4.78 is 4.89. The second-order valence-electron chi connectivity index (χ2n) is 7.44. The van der Waals surface area contributed by atoms with Gasteiger partial charge >= 0.3 is 5.97 Å². The third kappa shape index (κ3) is 6.44. The number of aryl methyl sites for hydroxylation is 2. The molecule has 0 saturated heterocycles. The van der Waals surface area contributed by atoms with E-state index in [1.54, 1.807) is 18.0 Å². The van der Waals surface area contributed by atoms with Crippen LogP contribution in [-0.4, -0.2) is 42.0 Å². The lowest BCUT2D eigenvalue weighted by atomic mass is 9.94. The van der Waals surface area contributed by atoms with Gasteiger partial charge in [0.05, 0.1) is 7.11 Å². The predicted octanol–water partition coefficient (Wildman–Crippen LogP) is 4.56. The van der Waals surface area contributed by atoms with E-state index in [0.29, 0.717) is 12.0 Å². The molecule has 2 aromatic carbocycles. The maximum absolute atomic E-state index is 13.2. The Morgan fingerprint density at radius 3 is 2.50 bits per heavy atom. The maximum Gasteiger partial charge on any atom is 0.328 e. The summed E-state index contributed by atoms with van der Waals surface area (Å²) in [7, 11) is 1.34. The minimum Gasteiger partial charge on any atom is -0.467 e. The fourth-order valence-electron chi connectivity index (χ4n) is 3.50. The van der Waals surface area contributed by atoms with Crippen LogP contribution in [0.5, 0.6) is 0 Å². The van der Waals surface area contributed by atoms with E-state index in [4.69, 9.17) is 4.74 Å². The van der Waals surface area contributed by atoms with Crippen LogP contribution < -0.4 is 5.32 Å². The fourth-order valence-corrected chi connectivity index (χ4v) is 3.97. The average molecular weight is 449 g/mol. The van der Waals surface area contributed by atoms with E-state index in [1.807, 2.05) is 61.0 Å². The van der Waals surface area contributed by atoms with Crippen LogP contribution >= 0.6 is 11.8 Å². The topological polar surface area (TPSA) is 68.3 Å². The van der Waals surface area contributed by atoms with Crippen molar-refractivity contribution in [3.8, 4) is 11.1 Å². The summed E-state index contributed by atoms with van der Waals surface area (Å²) in [5.41, 5.74) is 4.65. The summed E-state index contributed by atoms with van der Waals surface area (Å²) in [5.74, 6) is 0.0414. The van der Waals surface area contributed by atoms with Crippen molar-refractivity contribution in [1.29, 1.82) is 0 Å². The molecule has 0 aliphatic heterocycles. The Balaban J connectivity index is 1.86. The maximum atomic E-state index is 13.2. The van der Waals surface area contributed by atoms with Gasteiger partial charge in [0.2, 0.25) is 0 Å². The van der Waals surface area contributed by atoms with Gasteiger partial charge in [-0.3, -0.25) is 9.78 Å². The van der Waals surface area contributed by atoms with E-state index < -0.39 is 12.0 Å². The van der Waals surface area contributed by atoms with Gasteiger partial charge in [-0.1, -0.05) is 48.5 Å². The predicted molar refractivity (Wildman–Crippen MR) is 130 cm³/mol. The number of methoxy groups -OCH3 is 1. The van der Waals surface area contributed by atoms with Gasteiger partial charge in [-0.05, 0) is 65.7 Å². The molecular weight excluding hydrogens is 420 g/mol. The number of amides is 1. The van der Waals surface area contributed by atoms with Gasteiger partial charge in [0, 0.05) is 18.0 Å². The highest BCUT2D eigenvalue weighted by Crippen LogP contribution is 2.26. The number of esters is 1. The van der Waals surface area contributed by atoms with Crippen LogP contribution in [-0.2, 0) is 22.4 Å². The zero-order chi connectivity index (χ0) is 22.8. The molecule has 0 fully saturated rings. The van der Waals surface area contributed by atoms with Crippen LogP contribution in [0.3, 0.4) is 0 Å². The molecule has 1 amide bonds. The molecule has 1 aromatic heterocycles. The molecule has 0 aliphatic rings. The molecule has 0 spiro atoms. The molecule has 32 heavy (non-hydrogen) atoms. The van der Waals surface area contributed by atoms with Crippen molar-refractivity contribution < 1.29 is 14.3 Å². The Hall–Kier alpha value is -3.12. The number of thioether (sulfide) groups is 1. The molecule has 0 bridgehead atoms. The van der Waals surface area contributed by atoms with Gasteiger partial charge < -0.3 is 10.1 Å². The molecule has 0 saturated carbocycles. The first-order valence-electron chi connectivity index (χ1n) is 10.6. The van der Waals surface area contributed by atoms with E-state index in [1.165, 1.54) is 12.7 Å². The first-order valence-corrected chi connectivity index (χ1v) is 12.0. The Bertz CT molecular complexity index is 1030. The quantitative estimate of drug-likeness (QED) is 0.461. The minimum atomic E-state index is -0.672. The number of carbonyl (C=O) groups is 2. The second-order valence-corrected chi connectivity index (χ2v) is 8.42. The van der Waals surface area contributed by atoms with Gasteiger partial charge in [0.1, 0.15) is 6.04 Å². The number of ether oxygens (including phenoxy) is 1. The fraction of sp³-hybridized carbons (Fsp3) is 0.269. The summed E-state index contributed by atoms with van der Waals surface area (Å²) in [6, 6.07) is 19.1. The number of pyridine rings is 1. The first-order chi connectivity index (χ1) is 15.6. The number of nitrogens with zero attached hydrogens (tertiary/aromatic N) is 1. The van der Waals surface area contributed by atoms with Crippen LogP contribution in [0, 0.1) is 0 Å². The molecule has 1 N–H and O–H groups in total. The van der Waals surface area contributed by atoms with Gasteiger partial charge in [0.25, 0.3) is 5.91 Å². The lowest BCUT2D eigenvalue weighted by molar-refractivity contribution is -0.142. The van der Waals surface area contributed by atoms with Crippen molar-refractivity contribution in [3.05, 3.63) is 89.7 Å². The summed E-state index contributed by atoms with van der Waals surface area (Å²) in [6.45, 7) is 0. The lowest BCUT2D eigenvalue weighted by Gasteiger charge is -2.18. The summed E-state index contributed by atoms with van der Waals surface area (Å²) in [4.78, 5) is 29.5. The molecule has 3 rings (SSSR count). The molecule has 0 aliphatic carbocycles. The Labute approximate surface area is 193 Å². The Morgan fingerprint density at radius 1 is 1.03 bits per heavy atom. The van der Waals surface area contributed by atoms with Gasteiger partial charge in [-0.25, -0.2) is 4.79 Å². The van der Waals surface area contributed by atoms with Gasteiger partial charge in [-0.15, -0.1) is 0 Å². The minimum absolute atomic E-state index is 0.279. The highest BCUT2D eigenvalue weighted by Gasteiger charge is 2.23. The summed E-state index contributed by atoms with van der Waals surface area (Å²) in [5, 5.41) is 2.87. The van der Waals surface area contributed by atoms with E-state index in [9.17, 15) is 9.59 Å². The van der Waals surface area contributed by atoms with E-state index >= 15 is 0 Å². The molecule has 1 heterocycles. The SMILES string of the molecule is COC(=O)[C@H](CCSC)NC(=O)c1ccc(CCc2cccnc2)cc1-c1ccccc1.